The monoisotopic (exact) mass is 526 g/mol. The number of likely N-dealkylation sites (tertiary alicyclic amines) is 1. The van der Waals surface area contributed by atoms with E-state index in [1.807, 2.05) is 0 Å². The number of carbonyl (C=O) groups excluding carboxylic acids is 1. The maximum Gasteiger partial charge on any atom is 0.573 e. The molecule has 0 unspecified atom stereocenters. The molecular formula is C22H24ClF5N2O3S. The first-order valence-electron chi connectivity index (χ1n) is 10.5. The van der Waals surface area contributed by atoms with E-state index in [1.54, 1.807) is 25.7 Å². The van der Waals surface area contributed by atoms with Gasteiger partial charge in [-0.25, -0.2) is 18.6 Å². The van der Waals surface area contributed by atoms with Gasteiger partial charge in [-0.05, 0) is 51.8 Å². The molecule has 1 amide bonds. The molecule has 5 nitrogen and oxygen atoms in total. The van der Waals surface area contributed by atoms with E-state index in [-0.39, 0.29) is 21.5 Å². The number of nitrogens with zero attached hydrogens (tertiary/aromatic N) is 2. The van der Waals surface area contributed by atoms with Gasteiger partial charge < -0.3 is 14.4 Å². The maximum absolute atomic E-state index is 13.9. The van der Waals surface area contributed by atoms with Gasteiger partial charge in [0.05, 0.1) is 5.01 Å². The van der Waals surface area contributed by atoms with E-state index in [2.05, 4.69) is 9.72 Å². The average molecular weight is 527 g/mol. The van der Waals surface area contributed by atoms with Gasteiger partial charge >= 0.3 is 12.5 Å². The summed E-state index contributed by atoms with van der Waals surface area (Å²) in [6.45, 7) is 6.80. The van der Waals surface area contributed by atoms with E-state index in [0.717, 1.165) is 23.5 Å². The fourth-order valence-electron chi connectivity index (χ4n) is 3.49. The minimum Gasteiger partial charge on any atom is -0.444 e. The molecule has 34 heavy (non-hydrogen) atoms. The van der Waals surface area contributed by atoms with Crippen LogP contribution in [-0.4, -0.2) is 41.0 Å². The Morgan fingerprint density at radius 2 is 1.71 bits per heavy atom. The number of halogens is 6. The van der Waals surface area contributed by atoms with E-state index in [4.69, 9.17) is 16.3 Å². The second-order valence-corrected chi connectivity index (χ2v) is 10.7. The number of aromatic nitrogens is 1. The van der Waals surface area contributed by atoms with Crippen molar-refractivity contribution in [2.75, 3.05) is 13.1 Å². The molecule has 0 N–H and O–H groups in total. The van der Waals surface area contributed by atoms with Crippen LogP contribution in [0.3, 0.4) is 0 Å². The molecule has 1 fully saturated rings. The first kappa shape index (κ1) is 26.5. The molecule has 1 saturated heterocycles. The van der Waals surface area contributed by atoms with Crippen molar-refractivity contribution in [3.63, 3.8) is 0 Å². The van der Waals surface area contributed by atoms with Crippen molar-refractivity contribution in [3.05, 3.63) is 33.1 Å². The van der Waals surface area contributed by atoms with Crippen LogP contribution in [0.1, 0.15) is 57.0 Å². The zero-order valence-corrected chi connectivity index (χ0v) is 20.5. The Labute approximate surface area is 202 Å². The van der Waals surface area contributed by atoms with Gasteiger partial charge in [0.2, 0.25) is 0 Å². The molecular weight excluding hydrogens is 503 g/mol. The maximum atomic E-state index is 13.9. The van der Waals surface area contributed by atoms with Crippen molar-refractivity contribution < 1.29 is 36.2 Å². The fourth-order valence-corrected chi connectivity index (χ4v) is 4.86. The van der Waals surface area contributed by atoms with Crippen molar-refractivity contribution >= 4 is 29.0 Å². The van der Waals surface area contributed by atoms with Crippen LogP contribution in [-0.2, 0) is 10.7 Å². The number of hydrogen-bond acceptors (Lipinski definition) is 5. The number of piperidine rings is 1. The summed E-state index contributed by atoms with van der Waals surface area (Å²) in [6.07, 6.45) is -4.29. The highest BCUT2D eigenvalue weighted by Crippen LogP contribution is 2.42. The summed E-state index contributed by atoms with van der Waals surface area (Å²) >= 11 is 7.46. The molecule has 1 aromatic carbocycles. The molecule has 0 aliphatic carbocycles. The molecule has 3 rings (SSSR count). The number of carbonyl (C=O) groups is 1. The number of alkyl halides is 5. The zero-order chi connectivity index (χ0) is 25.5. The van der Waals surface area contributed by atoms with E-state index < -0.39 is 35.3 Å². The Morgan fingerprint density at radius 1 is 1.09 bits per heavy atom. The third-order valence-electron chi connectivity index (χ3n) is 5.02. The number of hydrogen-bond donors (Lipinski definition) is 0. The summed E-state index contributed by atoms with van der Waals surface area (Å²) in [6, 6.07) is 2.68. The number of rotatable bonds is 4. The molecule has 1 aromatic heterocycles. The number of thiazole rings is 1. The average Bonchev–Trinajstić information content (AvgIpc) is 3.06. The van der Waals surface area contributed by atoms with Gasteiger partial charge in [-0.15, -0.1) is 24.5 Å². The molecule has 0 atom stereocenters. The normalized spacial score (nSPS) is 16.0. The van der Waals surface area contributed by atoms with Crippen molar-refractivity contribution in [2.24, 2.45) is 0 Å². The molecule has 12 heteroatoms. The molecule has 2 heterocycles. The van der Waals surface area contributed by atoms with Crippen molar-refractivity contribution in [3.8, 4) is 17.0 Å². The minimum absolute atomic E-state index is 0.00281. The third kappa shape index (κ3) is 6.94. The summed E-state index contributed by atoms with van der Waals surface area (Å²) in [5.74, 6) is -4.23. The van der Waals surface area contributed by atoms with E-state index in [0.29, 0.717) is 43.9 Å². The lowest BCUT2D eigenvalue weighted by Crippen LogP contribution is -2.41. The number of ether oxygens (including phenoxy) is 2. The highest BCUT2D eigenvalue weighted by molar-refractivity contribution is 7.16. The molecule has 0 spiro atoms. The van der Waals surface area contributed by atoms with Gasteiger partial charge in [-0.1, -0.05) is 11.6 Å². The van der Waals surface area contributed by atoms with Crippen LogP contribution < -0.4 is 4.74 Å². The van der Waals surface area contributed by atoms with E-state index in [9.17, 15) is 26.7 Å². The van der Waals surface area contributed by atoms with Crippen molar-refractivity contribution in [1.29, 1.82) is 0 Å². The van der Waals surface area contributed by atoms with Crippen LogP contribution in [0.15, 0.2) is 18.2 Å². The smallest absolute Gasteiger partial charge is 0.444 e. The lowest BCUT2D eigenvalue weighted by Gasteiger charge is -2.32. The second-order valence-electron chi connectivity index (χ2n) is 9.10. The summed E-state index contributed by atoms with van der Waals surface area (Å²) < 4.78 is 75.5. The first-order valence-corrected chi connectivity index (χ1v) is 11.6. The van der Waals surface area contributed by atoms with Crippen molar-refractivity contribution in [1.82, 2.24) is 9.88 Å². The Balaban J connectivity index is 1.82. The molecule has 0 radical (unpaired) electrons. The van der Waals surface area contributed by atoms with Gasteiger partial charge in [-0.2, -0.15) is 0 Å². The topological polar surface area (TPSA) is 51.7 Å². The zero-order valence-electron chi connectivity index (χ0n) is 18.9. The predicted molar refractivity (Wildman–Crippen MR) is 119 cm³/mol. The van der Waals surface area contributed by atoms with Crippen LogP contribution in [0.5, 0.6) is 5.75 Å². The predicted octanol–water partition coefficient (Wildman–Crippen LogP) is 7.59. The minimum atomic E-state index is -5.04. The highest BCUT2D eigenvalue weighted by atomic mass is 35.5. The molecule has 1 aliphatic rings. The molecule has 0 bridgehead atoms. The van der Waals surface area contributed by atoms with Crippen LogP contribution >= 0.6 is 22.9 Å². The summed E-state index contributed by atoms with van der Waals surface area (Å²) in [4.78, 5) is 18.3. The summed E-state index contributed by atoms with van der Waals surface area (Å²) in [5.41, 5.74) is -1.16. The molecule has 1 aliphatic heterocycles. The van der Waals surface area contributed by atoms with Gasteiger partial charge in [-0.3, -0.25) is 0 Å². The SMILES string of the molecule is CC(C)(C)OC(=O)N1CCC(c2nc(-c3cc(OC(F)(F)F)cc(C(C)(F)F)c3)c(Cl)s2)CC1. The Bertz CT molecular complexity index is 1040. The van der Waals surface area contributed by atoms with Crippen LogP contribution in [0.4, 0.5) is 26.7 Å². The molecule has 0 saturated carbocycles. The highest BCUT2D eigenvalue weighted by Gasteiger charge is 2.34. The lowest BCUT2D eigenvalue weighted by atomic mass is 9.97. The Hall–Kier alpha value is -2.14. The van der Waals surface area contributed by atoms with Gasteiger partial charge in [0.1, 0.15) is 21.4 Å². The second kappa shape index (κ2) is 9.49. The van der Waals surface area contributed by atoms with Crippen molar-refractivity contribution in [2.45, 2.75) is 64.3 Å². The number of benzene rings is 1. The van der Waals surface area contributed by atoms with Gasteiger partial charge in [0.15, 0.2) is 0 Å². The number of amides is 1. The standard InChI is InChI=1S/C22H24ClF5N2O3S/c1-20(2,3)33-19(31)30-7-5-12(6-8-30)18-29-16(17(23)34-18)13-9-14(21(4,24)25)11-15(10-13)32-22(26,27)28/h9-12H,5-8H2,1-4H3. The van der Waals surface area contributed by atoms with Gasteiger partial charge in [0, 0.05) is 37.1 Å². The lowest BCUT2D eigenvalue weighted by molar-refractivity contribution is -0.274. The molecule has 188 valence electrons. The summed E-state index contributed by atoms with van der Waals surface area (Å²) in [7, 11) is 0. The first-order chi connectivity index (χ1) is 15.5. The molecule has 2 aromatic rings. The third-order valence-corrected chi connectivity index (χ3v) is 6.44. The van der Waals surface area contributed by atoms with Crippen LogP contribution in [0.25, 0.3) is 11.3 Å². The Morgan fingerprint density at radius 3 is 2.24 bits per heavy atom. The van der Waals surface area contributed by atoms with Crippen LogP contribution in [0, 0.1) is 0 Å². The van der Waals surface area contributed by atoms with Crippen LogP contribution in [0.2, 0.25) is 4.34 Å². The quantitative estimate of drug-likeness (QED) is 0.385. The Kier molecular flexibility index (Phi) is 7.38. The largest absolute Gasteiger partial charge is 0.573 e. The summed E-state index contributed by atoms with van der Waals surface area (Å²) in [5, 5.41) is 0.621. The van der Waals surface area contributed by atoms with Gasteiger partial charge in [0.25, 0.3) is 5.92 Å². The van der Waals surface area contributed by atoms with E-state index in [1.165, 1.54) is 0 Å². The fraction of sp³-hybridized carbons (Fsp3) is 0.545. The van der Waals surface area contributed by atoms with E-state index >= 15 is 0 Å².